The van der Waals surface area contributed by atoms with E-state index in [1.807, 2.05) is 33.3 Å². The van der Waals surface area contributed by atoms with E-state index in [1.165, 1.54) is 205 Å². The molecular weight excluding hydrogens is 988 g/mol. The van der Waals surface area contributed by atoms with Gasteiger partial charge in [0.1, 0.15) is 19.3 Å². The van der Waals surface area contributed by atoms with Crippen molar-refractivity contribution in [3.05, 3.63) is 48.6 Å². The Balaban J connectivity index is 4.97. The third-order valence-corrected chi connectivity index (χ3v) is 16.0. The number of esters is 1. The predicted molar refractivity (Wildman–Crippen MR) is 335 cm³/mol. The first kappa shape index (κ1) is 76.0. The molecule has 0 bridgehead atoms. The Morgan fingerprint density at radius 1 is 0.462 bits per heavy atom. The first-order valence-electron chi connectivity index (χ1n) is 33.5. The van der Waals surface area contributed by atoms with Gasteiger partial charge < -0.3 is 28.5 Å². The molecule has 0 aromatic heterocycles. The Bertz CT molecular complexity index is 1470. The molecule has 0 fully saturated rings. The van der Waals surface area contributed by atoms with Gasteiger partial charge in [0, 0.05) is 12.8 Å². The van der Waals surface area contributed by atoms with E-state index in [-0.39, 0.29) is 24.9 Å². The lowest BCUT2D eigenvalue weighted by atomic mass is 10.0. The Morgan fingerprint density at radius 2 is 0.821 bits per heavy atom. The summed E-state index contributed by atoms with van der Waals surface area (Å²) in [5.41, 5.74) is 0. The van der Waals surface area contributed by atoms with Crippen LogP contribution in [-0.2, 0) is 27.9 Å². The highest BCUT2D eigenvalue weighted by atomic mass is 31.2. The van der Waals surface area contributed by atoms with E-state index < -0.39 is 26.6 Å². The zero-order valence-corrected chi connectivity index (χ0v) is 53.3. The largest absolute Gasteiger partial charge is 0.756 e. The summed E-state index contributed by atoms with van der Waals surface area (Å²) in [7, 11) is 1.18. The molecule has 0 aromatic carbocycles. The van der Waals surface area contributed by atoms with Crippen LogP contribution in [0.1, 0.15) is 323 Å². The molecule has 0 aromatic rings. The van der Waals surface area contributed by atoms with Crippen LogP contribution in [0.4, 0.5) is 0 Å². The van der Waals surface area contributed by atoms with Crippen LogP contribution in [0.5, 0.6) is 0 Å². The van der Waals surface area contributed by atoms with Gasteiger partial charge in [-0.05, 0) is 51.0 Å². The van der Waals surface area contributed by atoms with Crippen LogP contribution in [-0.4, -0.2) is 69.4 Å². The van der Waals surface area contributed by atoms with Crippen molar-refractivity contribution >= 4 is 19.7 Å². The third kappa shape index (κ3) is 58.6. The van der Waals surface area contributed by atoms with Gasteiger partial charge in [-0.15, -0.1) is 0 Å². The second-order valence-electron chi connectivity index (χ2n) is 24.0. The smallest absolute Gasteiger partial charge is 0.306 e. The highest BCUT2D eigenvalue weighted by Gasteiger charge is 2.27. The van der Waals surface area contributed by atoms with E-state index in [9.17, 15) is 19.0 Å². The maximum atomic E-state index is 13.6. The lowest BCUT2D eigenvalue weighted by molar-refractivity contribution is -0.870. The average Bonchev–Trinajstić information content (AvgIpc) is 3.40. The molecule has 0 radical (unpaired) electrons. The van der Waals surface area contributed by atoms with Crippen molar-refractivity contribution in [3.63, 3.8) is 0 Å². The molecule has 3 unspecified atom stereocenters. The minimum Gasteiger partial charge on any atom is -0.756 e. The second kappa shape index (κ2) is 58.2. The number of quaternary nitrogens is 1. The number of unbranched alkanes of at least 4 members (excludes halogenated alkanes) is 41. The van der Waals surface area contributed by atoms with Crippen molar-refractivity contribution < 1.29 is 37.3 Å². The molecule has 0 spiro atoms. The monoisotopic (exact) mass is 1120 g/mol. The van der Waals surface area contributed by atoms with Gasteiger partial charge in [0.25, 0.3) is 7.82 Å². The fraction of sp³-hybridized carbons (Fsp3) is 0.853. The summed E-state index contributed by atoms with van der Waals surface area (Å²) in [6, 6.07) is -0.894. The highest BCUT2D eigenvalue weighted by Crippen LogP contribution is 2.38. The molecule has 1 N–H and O–H groups in total. The molecule has 3 atom stereocenters. The van der Waals surface area contributed by atoms with Gasteiger partial charge in [-0.1, -0.05) is 307 Å². The molecular formula is C68H129N2O7P. The summed E-state index contributed by atoms with van der Waals surface area (Å²) in [5, 5.41) is 3.03. The van der Waals surface area contributed by atoms with Crippen LogP contribution in [0.25, 0.3) is 0 Å². The van der Waals surface area contributed by atoms with Crippen molar-refractivity contribution in [1.29, 1.82) is 0 Å². The normalized spacial score (nSPS) is 13.9. The van der Waals surface area contributed by atoms with E-state index in [0.29, 0.717) is 23.9 Å². The predicted octanol–water partition coefficient (Wildman–Crippen LogP) is 20.2. The number of rotatable bonds is 61. The lowest BCUT2D eigenvalue weighted by Crippen LogP contribution is -2.47. The molecule has 1 amide bonds. The summed E-state index contributed by atoms with van der Waals surface area (Å²) in [6.07, 6.45) is 72.5. The number of likely N-dealkylation sites (N-methyl/N-ethyl adjacent to an activating group) is 1. The van der Waals surface area contributed by atoms with Crippen LogP contribution in [0.3, 0.4) is 0 Å². The highest BCUT2D eigenvalue weighted by molar-refractivity contribution is 7.45. The van der Waals surface area contributed by atoms with E-state index in [4.69, 9.17) is 13.8 Å². The zero-order chi connectivity index (χ0) is 57.2. The molecule has 458 valence electrons. The molecule has 10 heteroatoms. The van der Waals surface area contributed by atoms with Gasteiger partial charge in [-0.3, -0.25) is 14.2 Å². The molecule has 0 aliphatic rings. The Kier molecular flexibility index (Phi) is 56.7. The minimum atomic E-state index is -4.70. The summed E-state index contributed by atoms with van der Waals surface area (Å²) >= 11 is 0. The molecule has 0 rings (SSSR count). The number of carbonyl (C=O) groups excluding carboxylic acids is 2. The van der Waals surface area contributed by atoms with Crippen molar-refractivity contribution in [2.75, 3.05) is 40.9 Å². The minimum absolute atomic E-state index is 0.0247. The van der Waals surface area contributed by atoms with Gasteiger partial charge in [-0.2, -0.15) is 0 Å². The molecule has 78 heavy (non-hydrogen) atoms. The summed E-state index contributed by atoms with van der Waals surface area (Å²) in [6.45, 7) is 6.73. The molecule has 0 aliphatic heterocycles. The first-order valence-corrected chi connectivity index (χ1v) is 34.9. The summed E-state index contributed by atoms with van der Waals surface area (Å²) < 4.78 is 30.3. The quantitative estimate of drug-likeness (QED) is 0.0161. The third-order valence-electron chi connectivity index (χ3n) is 15.1. The maximum absolute atomic E-state index is 13.6. The van der Waals surface area contributed by atoms with E-state index in [2.05, 4.69) is 62.5 Å². The SMILES string of the molecule is CC/C=C/C=C/C=C\CCCCCCCC(=O)OC(/C=C\CCCCCCCCCCCC)C(COP(=O)([O-])OCC[N+](C)(C)C)NC(=O)CCCCCCCCCCCCCCCCCCCCCCCCCCCCC. The van der Waals surface area contributed by atoms with Crippen LogP contribution in [0, 0.1) is 0 Å². The number of nitrogens with one attached hydrogen (secondary N) is 1. The Hall–Kier alpha value is -2.03. The van der Waals surface area contributed by atoms with E-state index in [1.54, 1.807) is 0 Å². The number of hydrogen-bond acceptors (Lipinski definition) is 7. The fourth-order valence-electron chi connectivity index (χ4n) is 9.94. The molecule has 0 saturated heterocycles. The molecule has 0 saturated carbocycles. The second-order valence-corrected chi connectivity index (χ2v) is 25.4. The van der Waals surface area contributed by atoms with Gasteiger partial charge in [0.2, 0.25) is 5.91 Å². The summed E-state index contributed by atoms with van der Waals surface area (Å²) in [4.78, 5) is 40.0. The van der Waals surface area contributed by atoms with Gasteiger partial charge in [0.15, 0.2) is 0 Å². The average molecular weight is 1120 g/mol. The van der Waals surface area contributed by atoms with Crippen LogP contribution in [0.15, 0.2) is 48.6 Å². The number of amides is 1. The number of hydrogen-bond donors (Lipinski definition) is 1. The lowest BCUT2D eigenvalue weighted by Gasteiger charge is -2.30. The molecule has 0 aliphatic carbocycles. The zero-order valence-electron chi connectivity index (χ0n) is 52.4. The van der Waals surface area contributed by atoms with Crippen molar-refractivity contribution in [2.45, 2.75) is 335 Å². The van der Waals surface area contributed by atoms with Crippen molar-refractivity contribution in [2.24, 2.45) is 0 Å². The number of phosphoric acid groups is 1. The summed E-state index contributed by atoms with van der Waals surface area (Å²) in [5.74, 6) is -0.553. The van der Waals surface area contributed by atoms with Crippen LogP contribution < -0.4 is 10.2 Å². The van der Waals surface area contributed by atoms with Gasteiger partial charge in [0.05, 0.1) is 33.8 Å². The van der Waals surface area contributed by atoms with Crippen molar-refractivity contribution in [3.8, 4) is 0 Å². The van der Waals surface area contributed by atoms with Crippen LogP contribution >= 0.6 is 7.82 Å². The number of carbonyl (C=O) groups is 2. The van der Waals surface area contributed by atoms with Gasteiger partial charge >= 0.3 is 5.97 Å². The van der Waals surface area contributed by atoms with Crippen LogP contribution in [0.2, 0.25) is 0 Å². The van der Waals surface area contributed by atoms with Gasteiger partial charge in [-0.25, -0.2) is 0 Å². The number of phosphoric ester groups is 1. The number of nitrogens with zero attached hydrogens (tertiary/aromatic N) is 1. The molecule has 0 heterocycles. The van der Waals surface area contributed by atoms with E-state index in [0.717, 1.165) is 77.0 Å². The first-order chi connectivity index (χ1) is 37.9. The Morgan fingerprint density at radius 3 is 1.22 bits per heavy atom. The fourth-order valence-corrected chi connectivity index (χ4v) is 10.7. The maximum Gasteiger partial charge on any atom is 0.306 e. The standard InChI is InChI=1S/C68H129N2O7P/c1-7-10-13-16-19-22-25-28-29-30-31-32-33-34-35-36-37-38-39-40-41-43-45-48-51-54-57-60-67(71)69-65(64-76-78(73,74)75-63-62-70(4,5)6)66(59-56-53-50-47-44-27-24-21-18-15-12-9-3)77-68(72)61-58-55-52-49-46-42-26-23-20-17-14-11-8-2/h11,14,17,20,23,26,56,59,65-66H,7-10,12-13,15-16,18-19,21-22,24-25,27-55,57-58,60-64H2,1-6H3,(H-,69,71,73,74)/b14-11+,20-17+,26-23-,59-56-. The van der Waals surface area contributed by atoms with Crippen molar-refractivity contribution in [1.82, 2.24) is 5.32 Å². The van der Waals surface area contributed by atoms with E-state index >= 15 is 0 Å². The topological polar surface area (TPSA) is 114 Å². The Labute approximate surface area is 484 Å². The number of allylic oxidation sites excluding steroid dienone is 7. The number of ether oxygens (including phenoxy) is 1. The molecule has 9 nitrogen and oxygen atoms in total.